The number of anilines is 1. The number of aromatic nitrogens is 1. The van der Waals surface area contributed by atoms with Gasteiger partial charge in [-0.15, -0.1) is 0 Å². The topological polar surface area (TPSA) is 80.3 Å². The first-order valence-corrected chi connectivity index (χ1v) is 8.08. The molecule has 25 heavy (non-hydrogen) atoms. The molecule has 6 nitrogen and oxygen atoms in total. The quantitative estimate of drug-likeness (QED) is 0.875. The molecular weight excluding hydrogens is 318 g/mol. The standard InChI is InChI=1S/C19H23N3O3/c1-19(2,3)25-18(24)22-16(13-14-7-5-4-6-8-14)17(23)21-15-9-11-20-12-10-15/h4-12,16H,13H2,1-3H3,(H,22,24)(H,20,21,23)/t16-/m0/s1. The zero-order valence-electron chi connectivity index (χ0n) is 14.7. The molecule has 1 aromatic heterocycles. The second-order valence-electron chi connectivity index (χ2n) is 6.61. The Morgan fingerprint density at radius 3 is 2.32 bits per heavy atom. The number of amides is 2. The highest BCUT2D eigenvalue weighted by Gasteiger charge is 2.24. The molecule has 132 valence electrons. The van der Waals surface area contributed by atoms with Gasteiger partial charge in [0, 0.05) is 24.5 Å². The lowest BCUT2D eigenvalue weighted by atomic mass is 10.1. The first kappa shape index (κ1) is 18.4. The molecule has 0 aliphatic carbocycles. The predicted molar refractivity (Wildman–Crippen MR) is 96.2 cm³/mol. The van der Waals surface area contributed by atoms with Gasteiger partial charge in [0.2, 0.25) is 5.91 Å². The number of pyridine rings is 1. The summed E-state index contributed by atoms with van der Waals surface area (Å²) >= 11 is 0. The highest BCUT2D eigenvalue weighted by atomic mass is 16.6. The summed E-state index contributed by atoms with van der Waals surface area (Å²) in [5, 5.41) is 5.43. The normalized spacial score (nSPS) is 12.1. The van der Waals surface area contributed by atoms with Crippen LogP contribution in [-0.2, 0) is 16.0 Å². The summed E-state index contributed by atoms with van der Waals surface area (Å²) < 4.78 is 5.27. The lowest BCUT2D eigenvalue weighted by Crippen LogP contribution is -2.47. The predicted octanol–water partition coefficient (Wildman–Crippen LogP) is 3.16. The molecule has 2 rings (SSSR count). The monoisotopic (exact) mass is 341 g/mol. The van der Waals surface area contributed by atoms with Crippen molar-refractivity contribution in [2.75, 3.05) is 5.32 Å². The van der Waals surface area contributed by atoms with Gasteiger partial charge in [0.1, 0.15) is 11.6 Å². The Hall–Kier alpha value is -2.89. The van der Waals surface area contributed by atoms with Gasteiger partial charge in [-0.1, -0.05) is 30.3 Å². The number of nitrogens with zero attached hydrogens (tertiary/aromatic N) is 1. The number of hydrogen-bond acceptors (Lipinski definition) is 4. The van der Waals surface area contributed by atoms with Crippen LogP contribution in [0, 0.1) is 0 Å². The van der Waals surface area contributed by atoms with Gasteiger partial charge in [0.15, 0.2) is 0 Å². The maximum atomic E-state index is 12.6. The fourth-order valence-corrected chi connectivity index (χ4v) is 2.17. The van der Waals surface area contributed by atoms with Crippen LogP contribution in [-0.4, -0.2) is 28.6 Å². The molecule has 0 bridgehead atoms. The highest BCUT2D eigenvalue weighted by Crippen LogP contribution is 2.10. The molecule has 0 aliphatic heterocycles. The molecule has 1 aromatic carbocycles. The molecular formula is C19H23N3O3. The zero-order valence-corrected chi connectivity index (χ0v) is 14.7. The smallest absolute Gasteiger partial charge is 0.408 e. The fraction of sp³-hybridized carbons (Fsp3) is 0.316. The maximum absolute atomic E-state index is 12.6. The Kier molecular flexibility index (Phi) is 6.11. The SMILES string of the molecule is CC(C)(C)OC(=O)N[C@@H](Cc1ccccc1)C(=O)Nc1ccncc1. The van der Waals surface area contributed by atoms with Crippen molar-refractivity contribution in [3.05, 3.63) is 60.4 Å². The maximum Gasteiger partial charge on any atom is 0.408 e. The Labute approximate surface area is 147 Å². The van der Waals surface area contributed by atoms with Crippen LogP contribution < -0.4 is 10.6 Å². The molecule has 0 saturated carbocycles. The minimum atomic E-state index is -0.759. The van der Waals surface area contributed by atoms with E-state index in [0.29, 0.717) is 12.1 Å². The van der Waals surface area contributed by atoms with Gasteiger partial charge in [-0.3, -0.25) is 9.78 Å². The van der Waals surface area contributed by atoms with Crippen LogP contribution in [0.3, 0.4) is 0 Å². The molecule has 6 heteroatoms. The molecule has 2 amide bonds. The summed E-state index contributed by atoms with van der Waals surface area (Å²) in [4.78, 5) is 28.6. The summed E-state index contributed by atoms with van der Waals surface area (Å²) in [5.41, 5.74) is 0.917. The van der Waals surface area contributed by atoms with E-state index in [2.05, 4.69) is 15.6 Å². The molecule has 1 heterocycles. The summed E-state index contributed by atoms with van der Waals surface area (Å²) in [6, 6.07) is 12.1. The zero-order chi connectivity index (χ0) is 18.3. The average molecular weight is 341 g/mol. The van der Waals surface area contributed by atoms with Crippen molar-refractivity contribution in [2.45, 2.75) is 38.8 Å². The number of carbonyl (C=O) groups excluding carboxylic acids is 2. The number of hydrogen-bond donors (Lipinski definition) is 2. The van der Waals surface area contributed by atoms with Crippen molar-refractivity contribution in [3.8, 4) is 0 Å². The second-order valence-corrected chi connectivity index (χ2v) is 6.61. The Morgan fingerprint density at radius 2 is 1.72 bits per heavy atom. The number of rotatable bonds is 5. The lowest BCUT2D eigenvalue weighted by molar-refractivity contribution is -0.118. The van der Waals surface area contributed by atoms with E-state index in [9.17, 15) is 9.59 Å². The molecule has 0 unspecified atom stereocenters. The van der Waals surface area contributed by atoms with Crippen LogP contribution in [0.1, 0.15) is 26.3 Å². The fourth-order valence-electron chi connectivity index (χ4n) is 2.17. The van der Waals surface area contributed by atoms with Gasteiger partial charge >= 0.3 is 6.09 Å². The third-order valence-electron chi connectivity index (χ3n) is 3.24. The summed E-state index contributed by atoms with van der Waals surface area (Å²) in [6.45, 7) is 5.32. The van der Waals surface area contributed by atoms with Crippen LogP contribution in [0.2, 0.25) is 0 Å². The van der Waals surface area contributed by atoms with E-state index in [1.165, 1.54) is 0 Å². The molecule has 2 aromatic rings. The molecule has 0 spiro atoms. The third kappa shape index (κ3) is 6.63. The van der Waals surface area contributed by atoms with Crippen LogP contribution in [0.4, 0.5) is 10.5 Å². The van der Waals surface area contributed by atoms with Crippen LogP contribution in [0.5, 0.6) is 0 Å². The van der Waals surface area contributed by atoms with Crippen LogP contribution in [0.15, 0.2) is 54.9 Å². The van der Waals surface area contributed by atoms with E-state index in [1.807, 2.05) is 30.3 Å². The number of carbonyl (C=O) groups is 2. The van der Waals surface area contributed by atoms with Gasteiger partial charge in [0.25, 0.3) is 0 Å². The van der Waals surface area contributed by atoms with E-state index < -0.39 is 17.7 Å². The first-order valence-electron chi connectivity index (χ1n) is 8.08. The van der Waals surface area contributed by atoms with Crippen molar-refractivity contribution in [1.82, 2.24) is 10.3 Å². The Morgan fingerprint density at radius 1 is 1.08 bits per heavy atom. The number of nitrogens with one attached hydrogen (secondary N) is 2. The van der Waals surface area contributed by atoms with E-state index in [0.717, 1.165) is 5.56 Å². The third-order valence-corrected chi connectivity index (χ3v) is 3.24. The largest absolute Gasteiger partial charge is 0.444 e. The van der Waals surface area contributed by atoms with Gasteiger partial charge in [-0.2, -0.15) is 0 Å². The second kappa shape index (κ2) is 8.28. The van der Waals surface area contributed by atoms with Gasteiger partial charge in [-0.25, -0.2) is 4.79 Å². The molecule has 1 atom stereocenters. The summed E-state index contributed by atoms with van der Waals surface area (Å²) in [7, 11) is 0. The van der Waals surface area contributed by atoms with Gasteiger partial charge < -0.3 is 15.4 Å². The summed E-state index contributed by atoms with van der Waals surface area (Å²) in [5.74, 6) is -0.319. The van der Waals surface area contributed by atoms with Crippen molar-refractivity contribution in [1.29, 1.82) is 0 Å². The van der Waals surface area contributed by atoms with Crippen molar-refractivity contribution in [2.24, 2.45) is 0 Å². The minimum Gasteiger partial charge on any atom is -0.444 e. The Balaban J connectivity index is 2.10. The average Bonchev–Trinajstić information content (AvgIpc) is 2.54. The Bertz CT molecular complexity index is 697. The van der Waals surface area contributed by atoms with E-state index >= 15 is 0 Å². The van der Waals surface area contributed by atoms with Crippen LogP contribution >= 0.6 is 0 Å². The van der Waals surface area contributed by atoms with Crippen molar-refractivity contribution < 1.29 is 14.3 Å². The molecule has 0 radical (unpaired) electrons. The van der Waals surface area contributed by atoms with Crippen molar-refractivity contribution >= 4 is 17.7 Å². The molecule has 0 aliphatic rings. The van der Waals surface area contributed by atoms with E-state index in [4.69, 9.17) is 4.74 Å². The lowest BCUT2D eigenvalue weighted by Gasteiger charge is -2.23. The first-order chi connectivity index (χ1) is 11.8. The number of alkyl carbamates (subject to hydrolysis) is 1. The van der Waals surface area contributed by atoms with E-state index in [1.54, 1.807) is 45.3 Å². The van der Waals surface area contributed by atoms with Gasteiger partial charge in [-0.05, 0) is 38.5 Å². The van der Waals surface area contributed by atoms with Crippen molar-refractivity contribution in [3.63, 3.8) is 0 Å². The molecule has 2 N–H and O–H groups in total. The van der Waals surface area contributed by atoms with E-state index in [-0.39, 0.29) is 5.91 Å². The molecule has 0 fully saturated rings. The minimum absolute atomic E-state index is 0.319. The summed E-state index contributed by atoms with van der Waals surface area (Å²) in [6.07, 6.45) is 2.90. The number of ether oxygens (including phenoxy) is 1. The molecule has 0 saturated heterocycles. The van der Waals surface area contributed by atoms with Gasteiger partial charge in [0.05, 0.1) is 0 Å². The highest BCUT2D eigenvalue weighted by molar-refractivity contribution is 5.96. The number of benzene rings is 1. The van der Waals surface area contributed by atoms with Crippen LogP contribution in [0.25, 0.3) is 0 Å².